The predicted octanol–water partition coefficient (Wildman–Crippen LogP) is 0.890. The fraction of sp³-hybridized carbons (Fsp3) is 0.714. The molecule has 1 saturated heterocycles. The van der Waals surface area contributed by atoms with E-state index in [1.807, 2.05) is 6.92 Å². The maximum atomic E-state index is 5.68. The molecular formula is C14H24N4O2. The Morgan fingerprint density at radius 3 is 3.10 bits per heavy atom. The molecule has 6 nitrogen and oxygen atoms in total. The minimum absolute atomic E-state index is 0.465. The molecule has 1 aromatic heterocycles. The lowest BCUT2D eigenvalue weighted by atomic mass is 10.1. The summed E-state index contributed by atoms with van der Waals surface area (Å²) in [6, 6.07) is 1.79. The van der Waals surface area contributed by atoms with E-state index in [9.17, 15) is 0 Å². The molecule has 2 heterocycles. The van der Waals surface area contributed by atoms with Crippen molar-refractivity contribution in [3.63, 3.8) is 0 Å². The van der Waals surface area contributed by atoms with E-state index in [1.165, 1.54) is 0 Å². The molecule has 6 heteroatoms. The second kappa shape index (κ2) is 7.40. The van der Waals surface area contributed by atoms with Gasteiger partial charge in [-0.15, -0.1) is 0 Å². The summed E-state index contributed by atoms with van der Waals surface area (Å²) in [6.45, 7) is 6.80. The summed E-state index contributed by atoms with van der Waals surface area (Å²) in [7, 11) is 4.17. The second-order valence-electron chi connectivity index (χ2n) is 5.28. The first-order valence-electron chi connectivity index (χ1n) is 7.12. The molecule has 0 N–H and O–H groups in total. The highest BCUT2D eigenvalue weighted by Gasteiger charge is 2.21. The zero-order valence-electron chi connectivity index (χ0n) is 12.6. The van der Waals surface area contributed by atoms with E-state index in [0.29, 0.717) is 25.0 Å². The van der Waals surface area contributed by atoms with Crippen LogP contribution in [-0.2, 0) is 4.74 Å². The van der Waals surface area contributed by atoms with Crippen LogP contribution in [0.3, 0.4) is 0 Å². The van der Waals surface area contributed by atoms with Gasteiger partial charge >= 0.3 is 0 Å². The van der Waals surface area contributed by atoms with Crippen molar-refractivity contribution in [1.29, 1.82) is 0 Å². The maximum absolute atomic E-state index is 5.68. The summed E-state index contributed by atoms with van der Waals surface area (Å²) in [4.78, 5) is 13.2. The lowest BCUT2D eigenvalue weighted by molar-refractivity contribution is 0.113. The summed E-state index contributed by atoms with van der Waals surface area (Å²) in [6.07, 6.45) is 1.75. The fourth-order valence-electron chi connectivity index (χ4n) is 2.40. The molecule has 1 aliphatic rings. The first-order valence-corrected chi connectivity index (χ1v) is 7.12. The van der Waals surface area contributed by atoms with Gasteiger partial charge in [0.1, 0.15) is 0 Å². The SMILES string of the molecule is CCOc1ccnc(N2CCOCC(CN(C)C)C2)n1. The van der Waals surface area contributed by atoms with Crippen LogP contribution in [0.5, 0.6) is 5.88 Å². The number of rotatable bonds is 5. The largest absolute Gasteiger partial charge is 0.478 e. The first-order chi connectivity index (χ1) is 9.69. The molecule has 0 spiro atoms. The van der Waals surface area contributed by atoms with Crippen LogP contribution < -0.4 is 9.64 Å². The van der Waals surface area contributed by atoms with Crippen LogP contribution >= 0.6 is 0 Å². The fourth-order valence-corrected chi connectivity index (χ4v) is 2.40. The first kappa shape index (κ1) is 15.0. The van der Waals surface area contributed by atoms with E-state index in [4.69, 9.17) is 9.47 Å². The third-order valence-electron chi connectivity index (χ3n) is 3.15. The summed E-state index contributed by atoms with van der Waals surface area (Å²) < 4.78 is 11.1. The van der Waals surface area contributed by atoms with Crippen molar-refractivity contribution in [2.75, 3.05) is 58.5 Å². The normalized spacial score (nSPS) is 20.0. The van der Waals surface area contributed by atoms with Crippen LogP contribution in [0.1, 0.15) is 6.92 Å². The van der Waals surface area contributed by atoms with Crippen molar-refractivity contribution in [2.45, 2.75) is 6.92 Å². The topological polar surface area (TPSA) is 50.7 Å². The Balaban J connectivity index is 2.07. The van der Waals surface area contributed by atoms with Crippen LogP contribution in [-0.4, -0.2) is 68.4 Å². The van der Waals surface area contributed by atoms with Crippen molar-refractivity contribution < 1.29 is 9.47 Å². The van der Waals surface area contributed by atoms with Crippen molar-refractivity contribution in [3.8, 4) is 5.88 Å². The molecule has 0 aliphatic carbocycles. The Hall–Kier alpha value is -1.40. The number of anilines is 1. The van der Waals surface area contributed by atoms with Gasteiger partial charge in [0, 0.05) is 37.8 Å². The van der Waals surface area contributed by atoms with Gasteiger partial charge in [0.05, 0.1) is 19.8 Å². The van der Waals surface area contributed by atoms with Crippen LogP contribution in [0, 0.1) is 5.92 Å². The van der Waals surface area contributed by atoms with Crippen LogP contribution in [0.4, 0.5) is 5.95 Å². The molecule has 0 aromatic carbocycles. The van der Waals surface area contributed by atoms with Crippen molar-refractivity contribution in [3.05, 3.63) is 12.3 Å². The minimum atomic E-state index is 0.465. The van der Waals surface area contributed by atoms with E-state index in [0.717, 1.165) is 32.2 Å². The summed E-state index contributed by atoms with van der Waals surface area (Å²) in [5.74, 6) is 1.82. The highest BCUT2D eigenvalue weighted by molar-refractivity contribution is 5.32. The van der Waals surface area contributed by atoms with Gasteiger partial charge in [0.15, 0.2) is 0 Å². The zero-order chi connectivity index (χ0) is 14.4. The number of ether oxygens (including phenoxy) is 2. The Labute approximate surface area is 120 Å². The Bertz CT molecular complexity index is 414. The van der Waals surface area contributed by atoms with Crippen molar-refractivity contribution in [2.24, 2.45) is 5.92 Å². The van der Waals surface area contributed by atoms with E-state index in [1.54, 1.807) is 12.3 Å². The Kier molecular flexibility index (Phi) is 5.55. The molecule has 0 radical (unpaired) electrons. The summed E-state index contributed by atoms with van der Waals surface area (Å²) >= 11 is 0. The number of hydrogen-bond donors (Lipinski definition) is 0. The maximum Gasteiger partial charge on any atom is 0.228 e. The highest BCUT2D eigenvalue weighted by Crippen LogP contribution is 2.16. The molecule has 0 amide bonds. The third kappa shape index (κ3) is 4.31. The smallest absolute Gasteiger partial charge is 0.228 e. The van der Waals surface area contributed by atoms with Crippen LogP contribution in [0.25, 0.3) is 0 Å². The molecule has 1 fully saturated rings. The molecule has 1 aromatic rings. The van der Waals surface area contributed by atoms with Gasteiger partial charge in [-0.25, -0.2) is 4.98 Å². The molecular weight excluding hydrogens is 256 g/mol. The average Bonchev–Trinajstić information content (AvgIpc) is 2.64. The van der Waals surface area contributed by atoms with Gasteiger partial charge in [0.25, 0.3) is 0 Å². The van der Waals surface area contributed by atoms with Crippen molar-refractivity contribution in [1.82, 2.24) is 14.9 Å². The number of nitrogens with zero attached hydrogens (tertiary/aromatic N) is 4. The molecule has 20 heavy (non-hydrogen) atoms. The van der Waals surface area contributed by atoms with Gasteiger partial charge in [-0.3, -0.25) is 0 Å². The summed E-state index contributed by atoms with van der Waals surface area (Å²) in [5.41, 5.74) is 0. The predicted molar refractivity (Wildman–Crippen MR) is 78.3 cm³/mol. The zero-order valence-corrected chi connectivity index (χ0v) is 12.6. The molecule has 112 valence electrons. The quantitative estimate of drug-likeness (QED) is 0.798. The molecule has 1 unspecified atom stereocenters. The number of hydrogen-bond acceptors (Lipinski definition) is 6. The summed E-state index contributed by atoms with van der Waals surface area (Å²) in [5, 5.41) is 0. The molecule has 0 bridgehead atoms. The number of aromatic nitrogens is 2. The lowest BCUT2D eigenvalue weighted by Gasteiger charge is -2.25. The van der Waals surface area contributed by atoms with E-state index in [-0.39, 0.29) is 0 Å². The molecule has 0 saturated carbocycles. The highest BCUT2D eigenvalue weighted by atomic mass is 16.5. The van der Waals surface area contributed by atoms with E-state index < -0.39 is 0 Å². The van der Waals surface area contributed by atoms with Crippen LogP contribution in [0.2, 0.25) is 0 Å². The van der Waals surface area contributed by atoms with E-state index >= 15 is 0 Å². The van der Waals surface area contributed by atoms with Gasteiger partial charge in [-0.05, 0) is 21.0 Å². The monoisotopic (exact) mass is 280 g/mol. The molecule has 1 aliphatic heterocycles. The van der Waals surface area contributed by atoms with Gasteiger partial charge in [-0.2, -0.15) is 4.98 Å². The van der Waals surface area contributed by atoms with Gasteiger partial charge in [-0.1, -0.05) is 0 Å². The van der Waals surface area contributed by atoms with Crippen molar-refractivity contribution >= 4 is 5.95 Å². The Morgan fingerprint density at radius 1 is 1.50 bits per heavy atom. The average molecular weight is 280 g/mol. The second-order valence-corrected chi connectivity index (χ2v) is 5.28. The van der Waals surface area contributed by atoms with Gasteiger partial charge < -0.3 is 19.3 Å². The molecule has 2 rings (SSSR count). The standard InChI is InChI=1S/C14H24N4O2/c1-4-20-13-5-6-15-14(16-13)18-7-8-19-11-12(10-18)9-17(2)3/h5-6,12H,4,7-11H2,1-3H3. The van der Waals surface area contributed by atoms with E-state index in [2.05, 4.69) is 33.9 Å². The lowest BCUT2D eigenvalue weighted by Crippen LogP contribution is -2.35. The Morgan fingerprint density at radius 2 is 2.35 bits per heavy atom. The van der Waals surface area contributed by atoms with Gasteiger partial charge in [0.2, 0.25) is 11.8 Å². The third-order valence-corrected chi connectivity index (χ3v) is 3.15. The minimum Gasteiger partial charge on any atom is -0.478 e. The molecule has 1 atom stereocenters. The van der Waals surface area contributed by atoms with Crippen LogP contribution in [0.15, 0.2) is 12.3 Å².